The van der Waals surface area contributed by atoms with Gasteiger partial charge in [-0.25, -0.2) is 23.0 Å². The molecule has 0 fully saturated rings. The third-order valence-corrected chi connectivity index (χ3v) is 5.78. The lowest BCUT2D eigenvalue weighted by Crippen LogP contribution is -2.12. The summed E-state index contributed by atoms with van der Waals surface area (Å²) in [6.07, 6.45) is 0.498. The van der Waals surface area contributed by atoms with Gasteiger partial charge in [-0.2, -0.15) is 5.10 Å². The SMILES string of the molecule is COC(=O)c1cc(Cc2cc(Cl)cs2)n(-c2ccc(S(N)(=O)=O)cc2)n1. The summed E-state index contributed by atoms with van der Waals surface area (Å²) in [6.45, 7) is 0. The normalized spacial score (nSPS) is 11.5. The average molecular weight is 412 g/mol. The van der Waals surface area contributed by atoms with Gasteiger partial charge < -0.3 is 4.74 Å². The molecule has 136 valence electrons. The number of hydrogen-bond donors (Lipinski definition) is 1. The lowest BCUT2D eigenvalue weighted by atomic mass is 10.2. The molecule has 7 nitrogen and oxygen atoms in total. The summed E-state index contributed by atoms with van der Waals surface area (Å²) in [5, 5.41) is 11.9. The average Bonchev–Trinajstić information content (AvgIpc) is 3.20. The molecule has 0 aliphatic heterocycles. The molecule has 0 bridgehead atoms. The van der Waals surface area contributed by atoms with E-state index < -0.39 is 16.0 Å². The number of nitrogens with zero attached hydrogens (tertiary/aromatic N) is 2. The first-order valence-electron chi connectivity index (χ1n) is 7.31. The molecule has 3 aromatic rings. The number of benzene rings is 1. The Kier molecular flexibility index (Phi) is 5.15. The third kappa shape index (κ3) is 3.96. The Hall–Kier alpha value is -2.20. The molecule has 0 spiro atoms. The number of ether oxygens (including phenoxy) is 1. The predicted molar refractivity (Wildman–Crippen MR) is 98.4 cm³/mol. The van der Waals surface area contributed by atoms with E-state index in [0.717, 1.165) is 10.6 Å². The van der Waals surface area contributed by atoms with Crippen LogP contribution in [0.15, 0.2) is 46.7 Å². The number of aromatic nitrogens is 2. The van der Waals surface area contributed by atoms with E-state index in [4.69, 9.17) is 21.5 Å². The first-order valence-corrected chi connectivity index (χ1v) is 10.1. The molecule has 3 rings (SSSR count). The van der Waals surface area contributed by atoms with Crippen LogP contribution in [0.25, 0.3) is 5.69 Å². The minimum atomic E-state index is -3.79. The van der Waals surface area contributed by atoms with E-state index in [0.29, 0.717) is 17.1 Å². The van der Waals surface area contributed by atoms with Crippen molar-refractivity contribution in [2.45, 2.75) is 11.3 Å². The first kappa shape index (κ1) is 18.6. The van der Waals surface area contributed by atoms with E-state index in [2.05, 4.69) is 5.10 Å². The van der Waals surface area contributed by atoms with Crippen LogP contribution in [-0.2, 0) is 21.2 Å². The molecule has 2 heterocycles. The van der Waals surface area contributed by atoms with Crippen molar-refractivity contribution in [1.82, 2.24) is 9.78 Å². The molecule has 0 atom stereocenters. The monoisotopic (exact) mass is 411 g/mol. The second-order valence-electron chi connectivity index (χ2n) is 5.37. The van der Waals surface area contributed by atoms with Crippen LogP contribution < -0.4 is 5.14 Å². The van der Waals surface area contributed by atoms with Crippen LogP contribution >= 0.6 is 22.9 Å². The summed E-state index contributed by atoms with van der Waals surface area (Å²) >= 11 is 7.46. The van der Waals surface area contributed by atoms with E-state index >= 15 is 0 Å². The minimum Gasteiger partial charge on any atom is -0.464 e. The number of carbonyl (C=O) groups is 1. The number of nitrogens with two attached hydrogens (primary N) is 1. The summed E-state index contributed by atoms with van der Waals surface area (Å²) in [5.74, 6) is -0.560. The van der Waals surface area contributed by atoms with Crippen LogP contribution in [0.2, 0.25) is 5.02 Å². The van der Waals surface area contributed by atoms with Crippen molar-refractivity contribution in [3.63, 3.8) is 0 Å². The van der Waals surface area contributed by atoms with Crippen molar-refractivity contribution in [2.24, 2.45) is 5.14 Å². The van der Waals surface area contributed by atoms with Crippen LogP contribution in [0.4, 0.5) is 0 Å². The number of carbonyl (C=O) groups excluding carboxylic acids is 1. The molecule has 26 heavy (non-hydrogen) atoms. The highest BCUT2D eigenvalue weighted by molar-refractivity contribution is 7.89. The van der Waals surface area contributed by atoms with Crippen LogP contribution in [0.1, 0.15) is 21.1 Å². The Morgan fingerprint density at radius 1 is 1.31 bits per heavy atom. The Labute approximate surface area is 159 Å². The van der Waals surface area contributed by atoms with Crippen molar-refractivity contribution < 1.29 is 17.9 Å². The van der Waals surface area contributed by atoms with E-state index in [-0.39, 0.29) is 10.6 Å². The molecule has 0 unspecified atom stereocenters. The fraction of sp³-hybridized carbons (Fsp3) is 0.125. The van der Waals surface area contributed by atoms with Gasteiger partial charge in [-0.05, 0) is 36.4 Å². The fourth-order valence-electron chi connectivity index (χ4n) is 2.38. The van der Waals surface area contributed by atoms with Crippen LogP contribution in [-0.4, -0.2) is 31.3 Å². The number of methoxy groups -OCH3 is 1. The van der Waals surface area contributed by atoms with E-state index in [1.165, 1.54) is 30.6 Å². The summed E-state index contributed by atoms with van der Waals surface area (Å²) in [6, 6.07) is 9.38. The topological polar surface area (TPSA) is 104 Å². The number of rotatable bonds is 5. The number of thiophene rings is 1. The molecule has 2 N–H and O–H groups in total. The largest absolute Gasteiger partial charge is 0.464 e. The lowest BCUT2D eigenvalue weighted by Gasteiger charge is -2.07. The number of esters is 1. The van der Waals surface area contributed by atoms with E-state index in [9.17, 15) is 13.2 Å². The Morgan fingerprint density at radius 2 is 2.00 bits per heavy atom. The highest BCUT2D eigenvalue weighted by Gasteiger charge is 2.17. The molecule has 0 aliphatic carbocycles. The summed E-state index contributed by atoms with van der Waals surface area (Å²) < 4.78 is 29.1. The summed E-state index contributed by atoms with van der Waals surface area (Å²) in [4.78, 5) is 12.8. The minimum absolute atomic E-state index is 0.00631. The number of primary sulfonamides is 1. The zero-order chi connectivity index (χ0) is 18.9. The quantitative estimate of drug-likeness (QED) is 0.650. The molecule has 0 radical (unpaired) electrons. The van der Waals surface area contributed by atoms with Crippen molar-refractivity contribution in [3.05, 3.63) is 63.1 Å². The second-order valence-corrected chi connectivity index (χ2v) is 8.36. The van der Waals surface area contributed by atoms with Crippen molar-refractivity contribution >= 4 is 38.9 Å². The van der Waals surface area contributed by atoms with Gasteiger partial charge in [-0.15, -0.1) is 11.3 Å². The van der Waals surface area contributed by atoms with Gasteiger partial charge >= 0.3 is 5.97 Å². The highest BCUT2D eigenvalue weighted by atomic mass is 35.5. The molecule has 2 aromatic heterocycles. The summed E-state index contributed by atoms with van der Waals surface area (Å²) in [5.41, 5.74) is 1.47. The van der Waals surface area contributed by atoms with Crippen LogP contribution in [0, 0.1) is 0 Å². The third-order valence-electron chi connectivity index (χ3n) is 3.56. The maximum absolute atomic E-state index is 11.8. The maximum atomic E-state index is 11.8. The lowest BCUT2D eigenvalue weighted by molar-refractivity contribution is 0.0593. The van der Waals surface area contributed by atoms with Gasteiger partial charge in [0.1, 0.15) is 0 Å². The number of halogens is 1. The van der Waals surface area contributed by atoms with Gasteiger partial charge in [0.2, 0.25) is 10.0 Å². The van der Waals surface area contributed by atoms with E-state index in [1.807, 2.05) is 11.4 Å². The Bertz CT molecular complexity index is 1060. The van der Waals surface area contributed by atoms with E-state index in [1.54, 1.807) is 22.9 Å². The van der Waals surface area contributed by atoms with Gasteiger partial charge in [-0.1, -0.05) is 11.6 Å². The smallest absolute Gasteiger partial charge is 0.358 e. The maximum Gasteiger partial charge on any atom is 0.358 e. The van der Waals surface area contributed by atoms with Gasteiger partial charge in [0, 0.05) is 16.7 Å². The Morgan fingerprint density at radius 3 is 2.54 bits per heavy atom. The first-order chi connectivity index (χ1) is 12.3. The number of sulfonamides is 1. The summed E-state index contributed by atoms with van der Waals surface area (Å²) in [7, 11) is -2.51. The molecule has 0 amide bonds. The predicted octanol–water partition coefficient (Wildman–Crippen LogP) is 2.61. The zero-order valence-corrected chi connectivity index (χ0v) is 15.9. The van der Waals surface area contributed by atoms with Gasteiger partial charge in [-0.3, -0.25) is 0 Å². The van der Waals surface area contributed by atoms with Gasteiger partial charge in [0.05, 0.1) is 28.4 Å². The van der Waals surface area contributed by atoms with Crippen LogP contribution in [0.5, 0.6) is 0 Å². The van der Waals surface area contributed by atoms with Crippen LogP contribution in [0.3, 0.4) is 0 Å². The van der Waals surface area contributed by atoms with Crippen molar-refractivity contribution in [3.8, 4) is 5.69 Å². The molecule has 0 saturated heterocycles. The van der Waals surface area contributed by atoms with Gasteiger partial charge in [0.25, 0.3) is 0 Å². The molecule has 0 saturated carbocycles. The molecule has 1 aromatic carbocycles. The molecular weight excluding hydrogens is 398 g/mol. The highest BCUT2D eigenvalue weighted by Crippen LogP contribution is 2.24. The van der Waals surface area contributed by atoms with Crippen molar-refractivity contribution in [1.29, 1.82) is 0 Å². The standard InChI is InChI=1S/C16H14ClN3O4S2/c1-24-16(21)15-8-12(7-13-6-10(17)9-25-13)20(19-15)11-2-4-14(5-3-11)26(18,22)23/h2-6,8-9H,7H2,1H3,(H2,18,22,23). The molecule has 10 heteroatoms. The van der Waals surface area contributed by atoms with Crippen molar-refractivity contribution in [2.75, 3.05) is 7.11 Å². The van der Waals surface area contributed by atoms with Gasteiger partial charge in [0.15, 0.2) is 5.69 Å². The number of hydrogen-bond acceptors (Lipinski definition) is 6. The zero-order valence-electron chi connectivity index (χ0n) is 13.5. The fourth-order valence-corrected chi connectivity index (χ4v) is 3.98. The second kappa shape index (κ2) is 7.20. The Balaban J connectivity index is 2.03. The molecule has 0 aliphatic rings. The molecular formula is C16H14ClN3O4S2.